The average Bonchev–Trinajstić information content (AvgIpc) is 3.53. The highest BCUT2D eigenvalue weighted by molar-refractivity contribution is 5.87. The first-order valence-electron chi connectivity index (χ1n) is 21.3. The van der Waals surface area contributed by atoms with Gasteiger partial charge in [-0.05, 0) is 132 Å². The van der Waals surface area contributed by atoms with Crippen molar-refractivity contribution in [2.45, 2.75) is 32.1 Å². The molecule has 61 heavy (non-hydrogen) atoms. The van der Waals surface area contributed by atoms with Gasteiger partial charge in [0.05, 0.1) is 0 Å². The normalized spacial score (nSPS) is 13.2. The van der Waals surface area contributed by atoms with Gasteiger partial charge in [-0.1, -0.05) is 172 Å². The Hall–Kier alpha value is -7.42. The van der Waals surface area contributed by atoms with Gasteiger partial charge in [-0.25, -0.2) is 0 Å². The van der Waals surface area contributed by atoms with Crippen LogP contribution in [0.4, 0.5) is 17.1 Å². The molecular formula is C59H45NO. The van der Waals surface area contributed by atoms with E-state index in [0.717, 1.165) is 47.0 Å². The number of ether oxygens (including phenoxy) is 1. The fourth-order valence-electron chi connectivity index (χ4n) is 9.77. The Morgan fingerprint density at radius 2 is 0.951 bits per heavy atom. The maximum Gasteiger partial charge on any atom is 0.131 e. The molecule has 0 saturated heterocycles. The van der Waals surface area contributed by atoms with Gasteiger partial charge < -0.3 is 9.64 Å². The van der Waals surface area contributed by atoms with E-state index in [1.165, 1.54) is 72.3 Å². The van der Waals surface area contributed by atoms with Crippen molar-refractivity contribution in [3.8, 4) is 56.0 Å². The lowest BCUT2D eigenvalue weighted by atomic mass is 9.82. The molecule has 9 aromatic carbocycles. The monoisotopic (exact) mass is 783 g/mol. The smallest absolute Gasteiger partial charge is 0.131 e. The van der Waals surface area contributed by atoms with E-state index in [1.54, 1.807) is 0 Å². The SMILES string of the molecule is CC1(C)c2ccccc2-c2ccc(N(c3ccccc3)c3ccc(-c4cccc5c4Cc4ccccc4Oc4ccc(-c6ccccc6)cc4Cc4ccccc4-5)cc3)cc21. The van der Waals surface area contributed by atoms with Gasteiger partial charge in [0.1, 0.15) is 11.5 Å². The number of fused-ring (bicyclic) bond motifs is 8. The largest absolute Gasteiger partial charge is 0.457 e. The van der Waals surface area contributed by atoms with Gasteiger partial charge in [-0.2, -0.15) is 0 Å². The zero-order chi connectivity index (χ0) is 40.9. The van der Waals surface area contributed by atoms with E-state index in [0.29, 0.717) is 0 Å². The van der Waals surface area contributed by atoms with Crippen LogP contribution < -0.4 is 9.64 Å². The quantitative estimate of drug-likeness (QED) is 0.172. The van der Waals surface area contributed by atoms with Crippen molar-refractivity contribution in [3.05, 3.63) is 246 Å². The van der Waals surface area contributed by atoms with Gasteiger partial charge in [0.15, 0.2) is 0 Å². The first-order chi connectivity index (χ1) is 30.0. The van der Waals surface area contributed by atoms with E-state index < -0.39 is 0 Å². The van der Waals surface area contributed by atoms with Crippen molar-refractivity contribution in [1.29, 1.82) is 0 Å². The summed E-state index contributed by atoms with van der Waals surface area (Å²) in [6.45, 7) is 4.70. The van der Waals surface area contributed by atoms with E-state index in [-0.39, 0.29) is 5.41 Å². The van der Waals surface area contributed by atoms with Gasteiger partial charge >= 0.3 is 0 Å². The molecule has 9 aromatic rings. The molecule has 1 aliphatic carbocycles. The van der Waals surface area contributed by atoms with Crippen molar-refractivity contribution in [1.82, 2.24) is 0 Å². The Kier molecular flexibility index (Phi) is 9.01. The zero-order valence-electron chi connectivity index (χ0n) is 34.5. The molecule has 1 aliphatic heterocycles. The van der Waals surface area contributed by atoms with Crippen LogP contribution in [0.5, 0.6) is 11.5 Å². The van der Waals surface area contributed by atoms with Gasteiger partial charge in [-0.15, -0.1) is 0 Å². The molecule has 1 heterocycles. The van der Waals surface area contributed by atoms with E-state index in [9.17, 15) is 0 Å². The summed E-state index contributed by atoms with van der Waals surface area (Å²) in [7, 11) is 0. The maximum absolute atomic E-state index is 6.92. The summed E-state index contributed by atoms with van der Waals surface area (Å²) < 4.78 is 6.92. The molecule has 0 saturated carbocycles. The highest BCUT2D eigenvalue weighted by Crippen LogP contribution is 2.51. The summed E-state index contributed by atoms with van der Waals surface area (Å²) in [4.78, 5) is 2.39. The molecule has 0 unspecified atom stereocenters. The Morgan fingerprint density at radius 1 is 0.361 bits per heavy atom. The van der Waals surface area contributed by atoms with Crippen LogP contribution in [-0.2, 0) is 18.3 Å². The van der Waals surface area contributed by atoms with Crippen LogP contribution >= 0.6 is 0 Å². The standard InChI is InChI=1S/C59H45NO/c1-59(2)55-26-13-12-23-52(55)53-34-33-48(39-56(53)59)60(46-20-7-4-8-21-46)47-31-28-41(29-32-47)49-24-15-25-51-50-22-11-9-18-43(50)37-45-36-42(40-16-5-3-6-17-40)30-35-58(45)61-57-27-14-10-19-44(57)38-54(49)51/h3-36,39H,37-38H2,1-2H3. The Balaban J connectivity index is 1.02. The van der Waals surface area contributed by atoms with Crippen LogP contribution in [0, 0.1) is 0 Å². The lowest BCUT2D eigenvalue weighted by Gasteiger charge is -2.28. The van der Waals surface area contributed by atoms with Crippen LogP contribution in [0.3, 0.4) is 0 Å². The van der Waals surface area contributed by atoms with Crippen molar-refractivity contribution < 1.29 is 4.74 Å². The van der Waals surface area contributed by atoms with Crippen molar-refractivity contribution >= 4 is 17.1 Å². The Bertz CT molecular complexity index is 3070. The van der Waals surface area contributed by atoms with E-state index >= 15 is 0 Å². The second kappa shape index (κ2) is 15.0. The average molecular weight is 784 g/mol. The maximum atomic E-state index is 6.92. The van der Waals surface area contributed by atoms with Gasteiger partial charge in [0.25, 0.3) is 0 Å². The molecule has 0 N–H and O–H groups in total. The molecule has 0 atom stereocenters. The lowest BCUT2D eigenvalue weighted by molar-refractivity contribution is 0.472. The van der Waals surface area contributed by atoms with Gasteiger partial charge in [0, 0.05) is 35.3 Å². The first-order valence-corrected chi connectivity index (χ1v) is 21.3. The van der Waals surface area contributed by atoms with Crippen LogP contribution in [-0.4, -0.2) is 0 Å². The van der Waals surface area contributed by atoms with Crippen molar-refractivity contribution in [3.63, 3.8) is 0 Å². The number of hydrogen-bond acceptors (Lipinski definition) is 2. The number of anilines is 3. The zero-order valence-corrected chi connectivity index (χ0v) is 34.5. The highest BCUT2D eigenvalue weighted by atomic mass is 16.5. The summed E-state index contributed by atoms with van der Waals surface area (Å²) in [5.41, 5.74) is 20.9. The Labute approximate surface area is 359 Å². The molecule has 0 fully saturated rings. The molecule has 0 spiro atoms. The Morgan fingerprint density at radius 3 is 1.77 bits per heavy atom. The van der Waals surface area contributed by atoms with Crippen LogP contribution in [0.15, 0.2) is 212 Å². The van der Waals surface area contributed by atoms with E-state index in [2.05, 4.69) is 231 Å². The molecule has 292 valence electrons. The fraction of sp³-hybridized carbons (Fsp3) is 0.0847. The highest BCUT2D eigenvalue weighted by Gasteiger charge is 2.35. The van der Waals surface area contributed by atoms with E-state index in [1.807, 2.05) is 0 Å². The summed E-state index contributed by atoms with van der Waals surface area (Å²) in [6.07, 6.45) is 1.46. The molecule has 0 radical (unpaired) electrons. The number of nitrogens with zero attached hydrogens (tertiary/aromatic N) is 1. The molecular weight excluding hydrogens is 739 g/mol. The molecule has 2 nitrogen and oxygen atoms in total. The minimum Gasteiger partial charge on any atom is -0.457 e. The lowest BCUT2D eigenvalue weighted by Crippen LogP contribution is -2.16. The third-order valence-electron chi connectivity index (χ3n) is 12.9. The molecule has 2 aliphatic rings. The van der Waals surface area contributed by atoms with Gasteiger partial charge in [0.2, 0.25) is 0 Å². The van der Waals surface area contributed by atoms with Crippen molar-refractivity contribution in [2.24, 2.45) is 0 Å². The second-order valence-corrected chi connectivity index (χ2v) is 16.9. The minimum atomic E-state index is -0.0920. The summed E-state index contributed by atoms with van der Waals surface area (Å²) in [5.74, 6) is 1.78. The third kappa shape index (κ3) is 6.53. The van der Waals surface area contributed by atoms with Crippen LogP contribution in [0.2, 0.25) is 0 Å². The van der Waals surface area contributed by atoms with Gasteiger partial charge in [-0.3, -0.25) is 0 Å². The first kappa shape index (κ1) is 36.6. The molecule has 11 rings (SSSR count). The number of para-hydroxylation sites is 2. The minimum absolute atomic E-state index is 0.0920. The topological polar surface area (TPSA) is 12.5 Å². The second-order valence-electron chi connectivity index (χ2n) is 16.9. The molecule has 2 heteroatoms. The summed E-state index contributed by atoms with van der Waals surface area (Å²) in [5, 5.41) is 0. The number of benzene rings is 9. The predicted octanol–water partition coefficient (Wildman–Crippen LogP) is 15.8. The molecule has 0 bridgehead atoms. The number of rotatable bonds is 5. The summed E-state index contributed by atoms with van der Waals surface area (Å²) in [6, 6.07) is 77.3. The number of hydrogen-bond donors (Lipinski definition) is 0. The molecule has 0 amide bonds. The van der Waals surface area contributed by atoms with E-state index in [4.69, 9.17) is 4.74 Å². The predicted molar refractivity (Wildman–Crippen MR) is 254 cm³/mol. The van der Waals surface area contributed by atoms with Crippen LogP contribution in [0.25, 0.3) is 44.5 Å². The molecule has 0 aromatic heterocycles. The van der Waals surface area contributed by atoms with Crippen LogP contribution in [0.1, 0.15) is 47.2 Å². The third-order valence-corrected chi connectivity index (χ3v) is 12.9. The van der Waals surface area contributed by atoms with Crippen molar-refractivity contribution in [2.75, 3.05) is 4.90 Å². The fourth-order valence-corrected chi connectivity index (χ4v) is 9.77. The summed E-state index contributed by atoms with van der Waals surface area (Å²) >= 11 is 0.